The van der Waals surface area contributed by atoms with Crippen molar-refractivity contribution in [3.63, 3.8) is 0 Å². The van der Waals surface area contributed by atoms with Crippen molar-refractivity contribution in [3.8, 4) is 0 Å². The van der Waals surface area contributed by atoms with Gasteiger partial charge >= 0.3 is 0 Å². The van der Waals surface area contributed by atoms with Crippen LogP contribution in [0.25, 0.3) is 10.2 Å². The second-order valence-electron chi connectivity index (χ2n) is 6.03. The molecule has 1 aliphatic rings. The highest BCUT2D eigenvalue weighted by atomic mass is 32.1. The number of benzene rings is 1. The molecular formula is C18H21N5OS2. The highest BCUT2D eigenvalue weighted by Gasteiger charge is 2.10. The maximum Gasteiger partial charge on any atom is 0.183 e. The minimum absolute atomic E-state index is 0.540. The number of fused-ring (bicyclic) bond motifs is 1. The zero-order chi connectivity index (χ0) is 17.8. The van der Waals surface area contributed by atoms with Gasteiger partial charge < -0.3 is 15.8 Å². The molecule has 1 aliphatic heterocycles. The third kappa shape index (κ3) is 4.21. The van der Waals surface area contributed by atoms with Crippen LogP contribution in [0.3, 0.4) is 0 Å². The number of aliphatic imine (C=N–C) groups is 1. The van der Waals surface area contributed by atoms with E-state index in [9.17, 15) is 0 Å². The zero-order valence-corrected chi connectivity index (χ0v) is 16.0. The molecule has 8 heteroatoms. The first kappa shape index (κ1) is 17.4. The van der Waals surface area contributed by atoms with E-state index in [0.29, 0.717) is 5.84 Å². The maximum atomic E-state index is 6.07. The Morgan fingerprint density at radius 1 is 1.31 bits per heavy atom. The summed E-state index contributed by atoms with van der Waals surface area (Å²) in [6, 6.07) is 9.97. The number of anilines is 1. The van der Waals surface area contributed by atoms with E-state index in [2.05, 4.69) is 26.3 Å². The van der Waals surface area contributed by atoms with Crippen molar-refractivity contribution < 1.29 is 4.74 Å². The van der Waals surface area contributed by atoms with Crippen LogP contribution in [-0.4, -0.2) is 55.1 Å². The van der Waals surface area contributed by atoms with E-state index in [1.165, 1.54) is 0 Å². The number of hydrogen-bond acceptors (Lipinski definition) is 7. The van der Waals surface area contributed by atoms with Crippen LogP contribution >= 0.6 is 22.7 Å². The summed E-state index contributed by atoms with van der Waals surface area (Å²) in [5.41, 5.74) is 7.85. The fourth-order valence-electron chi connectivity index (χ4n) is 2.83. The van der Waals surface area contributed by atoms with E-state index in [1.54, 1.807) is 22.7 Å². The molecule has 0 aliphatic carbocycles. The van der Waals surface area contributed by atoms with Gasteiger partial charge in [-0.25, -0.2) is 9.98 Å². The van der Waals surface area contributed by atoms with Gasteiger partial charge in [0.05, 0.1) is 34.0 Å². The standard InChI is InChI=1S/C18H21N5OS2/c19-17(16-2-1-11-25-16)21-13-3-4-15-14(12-13)22-18(26-15)20-5-6-23-7-9-24-10-8-23/h1-4,11-12H,5-10H2,(H2,19,21)(H,20,22). The Morgan fingerprint density at radius 2 is 2.19 bits per heavy atom. The van der Waals surface area contributed by atoms with Crippen LogP contribution in [-0.2, 0) is 4.74 Å². The third-order valence-corrected chi connectivity index (χ3v) is 6.09. The molecule has 0 atom stereocenters. The van der Waals surface area contributed by atoms with E-state index in [1.807, 2.05) is 29.6 Å². The van der Waals surface area contributed by atoms with E-state index < -0.39 is 0 Å². The lowest BCUT2D eigenvalue weighted by Gasteiger charge is -2.26. The molecule has 0 saturated carbocycles. The average molecular weight is 388 g/mol. The van der Waals surface area contributed by atoms with Gasteiger partial charge in [-0.15, -0.1) is 11.3 Å². The predicted molar refractivity (Wildman–Crippen MR) is 110 cm³/mol. The molecule has 0 radical (unpaired) electrons. The van der Waals surface area contributed by atoms with Gasteiger partial charge in [-0.1, -0.05) is 17.4 Å². The Labute approximate surface area is 160 Å². The number of morpholine rings is 1. The first-order valence-electron chi connectivity index (χ1n) is 8.60. The number of nitrogens with zero attached hydrogens (tertiary/aromatic N) is 3. The molecule has 4 rings (SSSR count). The van der Waals surface area contributed by atoms with Crippen LogP contribution in [0.5, 0.6) is 0 Å². The molecule has 3 aromatic rings. The summed E-state index contributed by atoms with van der Waals surface area (Å²) >= 11 is 3.25. The third-order valence-electron chi connectivity index (χ3n) is 4.20. The number of hydrogen-bond donors (Lipinski definition) is 2. The lowest BCUT2D eigenvalue weighted by Crippen LogP contribution is -2.38. The number of amidine groups is 1. The summed E-state index contributed by atoms with van der Waals surface area (Å²) in [6.07, 6.45) is 0. The summed E-state index contributed by atoms with van der Waals surface area (Å²) in [4.78, 5) is 12.6. The quantitative estimate of drug-likeness (QED) is 0.502. The highest BCUT2D eigenvalue weighted by Crippen LogP contribution is 2.29. The Kier molecular flexibility index (Phi) is 5.45. The lowest BCUT2D eigenvalue weighted by atomic mass is 10.3. The minimum Gasteiger partial charge on any atom is -0.383 e. The number of aromatic nitrogens is 1. The van der Waals surface area contributed by atoms with E-state index in [0.717, 1.165) is 65.3 Å². The molecule has 6 nitrogen and oxygen atoms in total. The molecule has 3 N–H and O–H groups in total. The second-order valence-corrected chi connectivity index (χ2v) is 8.00. The number of ether oxygens (including phenoxy) is 1. The van der Waals surface area contributed by atoms with Crippen LogP contribution in [0.2, 0.25) is 0 Å². The van der Waals surface area contributed by atoms with Crippen LogP contribution in [0.4, 0.5) is 10.8 Å². The molecule has 0 unspecified atom stereocenters. The van der Waals surface area contributed by atoms with Crippen molar-refractivity contribution in [2.24, 2.45) is 10.7 Å². The first-order chi connectivity index (χ1) is 12.8. The molecule has 2 aromatic heterocycles. The van der Waals surface area contributed by atoms with Gasteiger partial charge in [0.15, 0.2) is 5.13 Å². The summed E-state index contributed by atoms with van der Waals surface area (Å²) in [5.74, 6) is 0.540. The highest BCUT2D eigenvalue weighted by molar-refractivity contribution is 7.22. The summed E-state index contributed by atoms with van der Waals surface area (Å²) in [7, 11) is 0. The number of thiazole rings is 1. The number of nitrogens with two attached hydrogens (primary N) is 1. The largest absolute Gasteiger partial charge is 0.383 e. The van der Waals surface area contributed by atoms with Crippen molar-refractivity contribution >= 4 is 49.5 Å². The first-order valence-corrected chi connectivity index (χ1v) is 10.3. The predicted octanol–water partition coefficient (Wildman–Crippen LogP) is 3.14. The molecule has 0 bridgehead atoms. The molecule has 0 spiro atoms. The summed E-state index contributed by atoms with van der Waals surface area (Å²) in [6.45, 7) is 5.57. The van der Waals surface area contributed by atoms with E-state index in [-0.39, 0.29) is 0 Å². The van der Waals surface area contributed by atoms with Crippen LogP contribution in [0, 0.1) is 0 Å². The lowest BCUT2D eigenvalue weighted by molar-refractivity contribution is 0.0398. The average Bonchev–Trinajstić information content (AvgIpc) is 3.32. The van der Waals surface area contributed by atoms with Crippen molar-refractivity contribution in [1.29, 1.82) is 0 Å². The SMILES string of the molecule is NC(=Nc1ccc2sc(NCCN3CCOCC3)nc2c1)c1cccs1. The summed E-state index contributed by atoms with van der Waals surface area (Å²) < 4.78 is 6.52. The smallest absolute Gasteiger partial charge is 0.183 e. The van der Waals surface area contributed by atoms with Crippen molar-refractivity contribution in [2.45, 2.75) is 0 Å². The number of rotatable bonds is 6. The zero-order valence-electron chi connectivity index (χ0n) is 14.4. The molecule has 1 saturated heterocycles. The van der Waals surface area contributed by atoms with Gasteiger partial charge in [-0.3, -0.25) is 4.90 Å². The Morgan fingerprint density at radius 3 is 3.00 bits per heavy atom. The molecule has 136 valence electrons. The molecule has 1 fully saturated rings. The number of thiophene rings is 1. The van der Waals surface area contributed by atoms with Gasteiger partial charge in [-0.2, -0.15) is 0 Å². The monoisotopic (exact) mass is 387 g/mol. The molecule has 1 aromatic carbocycles. The van der Waals surface area contributed by atoms with Gasteiger partial charge in [-0.05, 0) is 29.6 Å². The van der Waals surface area contributed by atoms with E-state index >= 15 is 0 Å². The molecular weight excluding hydrogens is 366 g/mol. The van der Waals surface area contributed by atoms with Crippen LogP contribution in [0.1, 0.15) is 4.88 Å². The van der Waals surface area contributed by atoms with Gasteiger partial charge in [0.2, 0.25) is 0 Å². The summed E-state index contributed by atoms with van der Waals surface area (Å²) in [5, 5.41) is 6.37. The molecule has 26 heavy (non-hydrogen) atoms. The van der Waals surface area contributed by atoms with Crippen LogP contribution < -0.4 is 11.1 Å². The van der Waals surface area contributed by atoms with Gasteiger partial charge in [0.25, 0.3) is 0 Å². The van der Waals surface area contributed by atoms with Crippen molar-refractivity contribution in [1.82, 2.24) is 9.88 Å². The Balaban J connectivity index is 1.41. The second kappa shape index (κ2) is 8.13. The van der Waals surface area contributed by atoms with E-state index in [4.69, 9.17) is 10.5 Å². The minimum atomic E-state index is 0.540. The Bertz CT molecular complexity index is 884. The normalized spacial score (nSPS) is 16.2. The Hall–Kier alpha value is -2.00. The van der Waals surface area contributed by atoms with Gasteiger partial charge in [0.1, 0.15) is 5.84 Å². The van der Waals surface area contributed by atoms with Gasteiger partial charge in [0, 0.05) is 26.2 Å². The van der Waals surface area contributed by atoms with Crippen molar-refractivity contribution in [3.05, 3.63) is 40.6 Å². The fourth-order valence-corrected chi connectivity index (χ4v) is 4.32. The number of nitrogens with one attached hydrogen (secondary N) is 1. The topological polar surface area (TPSA) is 75.8 Å². The molecule has 3 heterocycles. The maximum absolute atomic E-state index is 6.07. The molecule has 0 amide bonds. The fraction of sp³-hybridized carbons (Fsp3) is 0.333. The van der Waals surface area contributed by atoms with Crippen molar-refractivity contribution in [2.75, 3.05) is 44.7 Å². The van der Waals surface area contributed by atoms with Crippen LogP contribution in [0.15, 0.2) is 40.7 Å².